The van der Waals surface area contributed by atoms with Crippen LogP contribution < -0.4 is 16.0 Å². The maximum atomic E-state index is 13.2. The molecule has 4 amide bonds. The maximum Gasteiger partial charge on any atom is 0.253 e. The van der Waals surface area contributed by atoms with Crippen molar-refractivity contribution in [1.29, 1.82) is 0 Å². The van der Waals surface area contributed by atoms with Gasteiger partial charge < -0.3 is 25.8 Å². The molecule has 2 heterocycles. The molecule has 9 heteroatoms. The van der Waals surface area contributed by atoms with Crippen LogP contribution in [0.4, 0.5) is 0 Å². The Morgan fingerprint density at radius 1 is 0.919 bits per heavy atom. The van der Waals surface area contributed by atoms with Gasteiger partial charge in [-0.15, -0.1) is 0 Å². The smallest absolute Gasteiger partial charge is 0.253 e. The molecule has 1 fully saturated rings. The Morgan fingerprint density at radius 2 is 1.65 bits per heavy atom. The summed E-state index contributed by atoms with van der Waals surface area (Å²) in [5, 5.41) is 9.42. The molecule has 1 aliphatic heterocycles. The van der Waals surface area contributed by atoms with Crippen molar-refractivity contribution in [2.45, 2.75) is 44.7 Å². The van der Waals surface area contributed by atoms with Gasteiger partial charge in [-0.1, -0.05) is 36.4 Å². The lowest BCUT2D eigenvalue weighted by molar-refractivity contribution is -0.131. The minimum absolute atomic E-state index is 0.112. The van der Waals surface area contributed by atoms with Crippen LogP contribution in [0.3, 0.4) is 0 Å². The largest absolute Gasteiger partial charge is 0.361 e. The molecule has 1 saturated heterocycles. The van der Waals surface area contributed by atoms with E-state index in [1.165, 1.54) is 0 Å². The van der Waals surface area contributed by atoms with Crippen molar-refractivity contribution in [3.8, 4) is 0 Å². The maximum absolute atomic E-state index is 13.2. The monoisotopic (exact) mass is 503 g/mol. The lowest BCUT2D eigenvalue weighted by Crippen LogP contribution is -2.53. The van der Waals surface area contributed by atoms with Crippen LogP contribution in [-0.4, -0.2) is 65.2 Å². The van der Waals surface area contributed by atoms with Crippen molar-refractivity contribution >= 4 is 34.5 Å². The molecule has 1 aliphatic rings. The molecule has 4 N–H and O–H groups in total. The van der Waals surface area contributed by atoms with E-state index < -0.39 is 18.0 Å². The van der Waals surface area contributed by atoms with Gasteiger partial charge in [0.05, 0.1) is 0 Å². The predicted molar refractivity (Wildman–Crippen MR) is 141 cm³/mol. The Hall–Kier alpha value is -4.14. The van der Waals surface area contributed by atoms with Gasteiger partial charge in [0.25, 0.3) is 5.91 Å². The lowest BCUT2D eigenvalue weighted by atomic mass is 10.0. The molecule has 0 bridgehead atoms. The van der Waals surface area contributed by atoms with E-state index >= 15 is 0 Å². The number of H-pyrrole nitrogens is 1. The number of hydrogen-bond acceptors (Lipinski definition) is 4. The van der Waals surface area contributed by atoms with E-state index in [2.05, 4.69) is 20.9 Å². The average molecular weight is 504 g/mol. The molecule has 2 aromatic carbocycles. The van der Waals surface area contributed by atoms with Gasteiger partial charge in [0.1, 0.15) is 12.1 Å². The number of hydrogen-bond donors (Lipinski definition) is 4. The van der Waals surface area contributed by atoms with Crippen LogP contribution in [0.1, 0.15) is 42.1 Å². The second-order valence-electron chi connectivity index (χ2n) is 9.32. The first kappa shape index (κ1) is 25.9. The van der Waals surface area contributed by atoms with Crippen molar-refractivity contribution in [3.05, 3.63) is 71.9 Å². The molecular formula is C28H33N5O4. The summed E-state index contributed by atoms with van der Waals surface area (Å²) in [6.07, 6.45) is 3.33. The first-order valence-electron chi connectivity index (χ1n) is 12.7. The highest BCUT2D eigenvalue weighted by molar-refractivity contribution is 5.94. The van der Waals surface area contributed by atoms with Gasteiger partial charge in [0.15, 0.2) is 0 Å². The van der Waals surface area contributed by atoms with Crippen LogP contribution in [0.5, 0.6) is 0 Å². The van der Waals surface area contributed by atoms with Crippen molar-refractivity contribution in [3.63, 3.8) is 0 Å². The highest BCUT2D eigenvalue weighted by Crippen LogP contribution is 2.19. The zero-order valence-corrected chi connectivity index (χ0v) is 21.0. The summed E-state index contributed by atoms with van der Waals surface area (Å²) in [6, 6.07) is 15.2. The van der Waals surface area contributed by atoms with Crippen molar-refractivity contribution in [1.82, 2.24) is 25.8 Å². The van der Waals surface area contributed by atoms with Gasteiger partial charge in [-0.2, -0.15) is 0 Å². The highest BCUT2D eigenvalue weighted by Gasteiger charge is 2.26. The normalized spacial score (nSPS) is 20.4. The van der Waals surface area contributed by atoms with E-state index in [1.807, 2.05) is 48.7 Å². The summed E-state index contributed by atoms with van der Waals surface area (Å²) in [6.45, 7) is 2.78. The number of nitrogens with zero attached hydrogens (tertiary/aromatic N) is 1. The van der Waals surface area contributed by atoms with Gasteiger partial charge in [0, 0.05) is 55.1 Å². The van der Waals surface area contributed by atoms with Gasteiger partial charge >= 0.3 is 0 Å². The second-order valence-corrected chi connectivity index (χ2v) is 9.32. The fraction of sp³-hybridized carbons (Fsp3) is 0.357. The molecule has 0 aliphatic carbocycles. The topological polar surface area (TPSA) is 123 Å². The van der Waals surface area contributed by atoms with E-state index in [0.717, 1.165) is 16.5 Å². The number of carbonyl (C=O) groups excluding carboxylic acids is 4. The summed E-state index contributed by atoms with van der Waals surface area (Å²) < 4.78 is 0. The van der Waals surface area contributed by atoms with Crippen molar-refractivity contribution < 1.29 is 19.2 Å². The van der Waals surface area contributed by atoms with Gasteiger partial charge in [-0.25, -0.2) is 0 Å². The molecule has 194 valence electrons. The van der Waals surface area contributed by atoms with E-state index in [9.17, 15) is 19.2 Å². The number of nitrogens with one attached hydrogen (secondary N) is 4. The average Bonchev–Trinajstić information content (AvgIpc) is 3.31. The summed E-state index contributed by atoms with van der Waals surface area (Å²) in [7, 11) is 0. The predicted octanol–water partition coefficient (Wildman–Crippen LogP) is 2.14. The number of fused-ring (bicyclic) bond motifs is 1. The quantitative estimate of drug-likeness (QED) is 0.437. The van der Waals surface area contributed by atoms with Crippen LogP contribution in [0.15, 0.2) is 60.8 Å². The Morgan fingerprint density at radius 3 is 2.46 bits per heavy atom. The highest BCUT2D eigenvalue weighted by atomic mass is 16.2. The van der Waals surface area contributed by atoms with E-state index in [1.54, 1.807) is 24.0 Å². The van der Waals surface area contributed by atoms with Crippen LogP contribution in [0, 0.1) is 0 Å². The Kier molecular flexibility index (Phi) is 8.56. The number of amides is 4. The fourth-order valence-electron chi connectivity index (χ4n) is 4.52. The SMILES string of the molecule is C[C@@H]1NC(=O)CCCN(C(=O)c2ccccc2)CCCNC(=O)[C@@H](Cc2c[nH]c3ccccc23)NC1=O. The molecule has 9 nitrogen and oxygen atoms in total. The standard InChI is InChI=1S/C28H33N5O4/c1-19-26(35)32-24(17-21-18-30-23-12-6-5-11-22(21)23)27(36)29-14-8-16-33(15-7-13-25(34)31-19)28(37)20-9-3-2-4-10-20/h2-6,9-12,18-19,24,30H,7-8,13-17H2,1H3,(H,29,36)(H,31,34)(H,32,35)/t19-,24+/m0/s1. The number of benzene rings is 2. The van der Waals surface area contributed by atoms with E-state index in [-0.39, 0.29) is 24.1 Å². The van der Waals surface area contributed by atoms with Gasteiger partial charge in [-0.05, 0) is 43.5 Å². The third-order valence-corrected chi connectivity index (χ3v) is 6.55. The molecule has 4 rings (SSSR count). The number of para-hydroxylation sites is 1. The third kappa shape index (κ3) is 6.75. The summed E-state index contributed by atoms with van der Waals surface area (Å²) in [5.41, 5.74) is 2.44. The minimum Gasteiger partial charge on any atom is -0.361 e. The number of carbonyl (C=O) groups is 4. The van der Waals surface area contributed by atoms with Crippen LogP contribution >= 0.6 is 0 Å². The van der Waals surface area contributed by atoms with Gasteiger partial charge in [0.2, 0.25) is 17.7 Å². The van der Waals surface area contributed by atoms with Crippen LogP contribution in [0.2, 0.25) is 0 Å². The number of aromatic nitrogens is 1. The zero-order chi connectivity index (χ0) is 26.2. The molecule has 2 atom stereocenters. The lowest BCUT2D eigenvalue weighted by Gasteiger charge is -2.23. The molecule has 1 aromatic heterocycles. The number of rotatable bonds is 3. The Balaban J connectivity index is 1.50. The molecule has 0 unspecified atom stereocenters. The second kappa shape index (κ2) is 12.2. The van der Waals surface area contributed by atoms with E-state index in [4.69, 9.17) is 0 Å². The first-order valence-corrected chi connectivity index (χ1v) is 12.7. The minimum atomic E-state index is -0.821. The fourth-order valence-corrected chi connectivity index (χ4v) is 4.52. The zero-order valence-electron chi connectivity index (χ0n) is 21.0. The summed E-state index contributed by atoms with van der Waals surface area (Å²) >= 11 is 0. The molecule has 3 aromatic rings. The van der Waals surface area contributed by atoms with Crippen LogP contribution in [-0.2, 0) is 20.8 Å². The first-order chi connectivity index (χ1) is 17.9. The molecule has 0 spiro atoms. The number of aromatic amines is 1. The molecule has 0 radical (unpaired) electrons. The molecular weight excluding hydrogens is 470 g/mol. The molecule has 0 saturated carbocycles. The summed E-state index contributed by atoms with van der Waals surface area (Å²) in [4.78, 5) is 56.5. The Labute approximate surface area is 216 Å². The van der Waals surface area contributed by atoms with Crippen molar-refractivity contribution in [2.24, 2.45) is 0 Å². The van der Waals surface area contributed by atoms with Crippen LogP contribution in [0.25, 0.3) is 10.9 Å². The van der Waals surface area contributed by atoms with E-state index in [0.29, 0.717) is 44.5 Å². The summed E-state index contributed by atoms with van der Waals surface area (Å²) in [5.74, 6) is -1.13. The molecule has 37 heavy (non-hydrogen) atoms. The third-order valence-electron chi connectivity index (χ3n) is 6.55. The van der Waals surface area contributed by atoms with Gasteiger partial charge in [-0.3, -0.25) is 19.2 Å². The Bertz CT molecular complexity index is 1260. The van der Waals surface area contributed by atoms with Crippen molar-refractivity contribution in [2.75, 3.05) is 19.6 Å².